The van der Waals surface area contributed by atoms with Crippen molar-refractivity contribution in [2.75, 3.05) is 28.2 Å². The Kier molecular flexibility index (Phi) is 7.17. The first-order valence-electron chi connectivity index (χ1n) is 9.09. The average Bonchev–Trinajstić information content (AvgIpc) is 2.63. The molecule has 0 heterocycles. The molecule has 0 aliphatic heterocycles. The fourth-order valence-corrected chi connectivity index (χ4v) is 3.23. The Hall–Kier alpha value is -3.40. The number of hydrogen-bond acceptors (Lipinski definition) is 5. The van der Waals surface area contributed by atoms with Gasteiger partial charge < -0.3 is 16.0 Å². The van der Waals surface area contributed by atoms with Crippen LogP contribution in [0.4, 0.5) is 17.1 Å². The summed E-state index contributed by atoms with van der Waals surface area (Å²) in [5.41, 5.74) is 1.89. The molecule has 2 rings (SSSR count). The standard InChI is InChI=1S/C20H24N4O5S/c1-5-21-19(26)14-7-6-12(2)18(10-14)23-20(27)16-11-15(22-13(3)25)8-9-17(16)24-30(4,28)29/h6-11,24H,5H2,1-4H3,(H,21,26)(H,22,25)(H,23,27). The lowest BCUT2D eigenvalue weighted by Crippen LogP contribution is -2.23. The second-order valence-corrected chi connectivity index (χ2v) is 8.41. The van der Waals surface area contributed by atoms with E-state index >= 15 is 0 Å². The van der Waals surface area contributed by atoms with Crippen LogP contribution in [0.5, 0.6) is 0 Å². The molecule has 0 spiro atoms. The lowest BCUT2D eigenvalue weighted by atomic mass is 10.1. The molecular formula is C20H24N4O5S. The third kappa shape index (κ3) is 6.31. The van der Waals surface area contributed by atoms with Crippen LogP contribution < -0.4 is 20.7 Å². The van der Waals surface area contributed by atoms with E-state index in [2.05, 4.69) is 20.7 Å². The minimum atomic E-state index is -3.64. The molecule has 0 bridgehead atoms. The normalized spacial score (nSPS) is 10.8. The Balaban J connectivity index is 2.42. The van der Waals surface area contributed by atoms with Gasteiger partial charge in [-0.2, -0.15) is 0 Å². The van der Waals surface area contributed by atoms with Gasteiger partial charge in [-0.05, 0) is 49.7 Å². The van der Waals surface area contributed by atoms with E-state index in [0.29, 0.717) is 29.0 Å². The van der Waals surface area contributed by atoms with Gasteiger partial charge in [-0.1, -0.05) is 6.07 Å². The highest BCUT2D eigenvalue weighted by atomic mass is 32.2. The number of hydrogen-bond donors (Lipinski definition) is 4. The molecule has 30 heavy (non-hydrogen) atoms. The topological polar surface area (TPSA) is 133 Å². The van der Waals surface area contributed by atoms with Crippen molar-refractivity contribution in [3.05, 3.63) is 53.1 Å². The summed E-state index contributed by atoms with van der Waals surface area (Å²) in [6, 6.07) is 9.12. The van der Waals surface area contributed by atoms with E-state index in [9.17, 15) is 22.8 Å². The van der Waals surface area contributed by atoms with Gasteiger partial charge in [-0.15, -0.1) is 0 Å². The van der Waals surface area contributed by atoms with Gasteiger partial charge in [0.25, 0.3) is 11.8 Å². The van der Waals surface area contributed by atoms with Crippen LogP contribution in [0.2, 0.25) is 0 Å². The summed E-state index contributed by atoms with van der Waals surface area (Å²) in [5, 5.41) is 7.94. The van der Waals surface area contributed by atoms with Crippen molar-refractivity contribution in [2.45, 2.75) is 20.8 Å². The number of carbonyl (C=O) groups is 3. The molecule has 160 valence electrons. The first-order valence-corrected chi connectivity index (χ1v) is 11.0. The van der Waals surface area contributed by atoms with Crippen LogP contribution in [-0.2, 0) is 14.8 Å². The molecule has 0 atom stereocenters. The third-order valence-corrected chi connectivity index (χ3v) is 4.56. The Morgan fingerprint density at radius 1 is 0.933 bits per heavy atom. The van der Waals surface area contributed by atoms with E-state index in [1.54, 1.807) is 32.0 Å². The van der Waals surface area contributed by atoms with E-state index in [1.165, 1.54) is 25.1 Å². The molecule has 2 aromatic rings. The second-order valence-electron chi connectivity index (χ2n) is 6.66. The van der Waals surface area contributed by atoms with Crippen molar-refractivity contribution >= 4 is 44.8 Å². The quantitative estimate of drug-likeness (QED) is 0.533. The van der Waals surface area contributed by atoms with E-state index < -0.39 is 15.9 Å². The first kappa shape index (κ1) is 22.9. The lowest BCUT2D eigenvalue weighted by Gasteiger charge is -2.15. The Labute approximate surface area is 175 Å². The Bertz CT molecular complexity index is 1100. The molecule has 2 aromatic carbocycles. The third-order valence-electron chi connectivity index (χ3n) is 3.97. The largest absolute Gasteiger partial charge is 0.352 e. The zero-order valence-electron chi connectivity index (χ0n) is 17.1. The molecule has 0 fully saturated rings. The molecule has 0 radical (unpaired) electrons. The zero-order chi connectivity index (χ0) is 22.5. The number of anilines is 3. The monoisotopic (exact) mass is 432 g/mol. The molecule has 0 aromatic heterocycles. The van der Waals surface area contributed by atoms with E-state index in [1.807, 2.05) is 0 Å². The fourth-order valence-electron chi connectivity index (χ4n) is 2.65. The summed E-state index contributed by atoms with van der Waals surface area (Å²) in [7, 11) is -3.64. The number of sulfonamides is 1. The van der Waals surface area contributed by atoms with Gasteiger partial charge in [-0.3, -0.25) is 19.1 Å². The highest BCUT2D eigenvalue weighted by Crippen LogP contribution is 2.24. The maximum Gasteiger partial charge on any atom is 0.257 e. The maximum atomic E-state index is 13.0. The zero-order valence-corrected chi connectivity index (χ0v) is 17.9. The van der Waals surface area contributed by atoms with Crippen LogP contribution >= 0.6 is 0 Å². The van der Waals surface area contributed by atoms with Crippen molar-refractivity contribution in [1.82, 2.24) is 5.32 Å². The van der Waals surface area contributed by atoms with Crippen molar-refractivity contribution in [2.24, 2.45) is 0 Å². The van der Waals surface area contributed by atoms with Crippen molar-refractivity contribution in [3.8, 4) is 0 Å². The molecule has 4 N–H and O–H groups in total. The summed E-state index contributed by atoms with van der Waals surface area (Å²) in [6.07, 6.45) is 0.969. The molecule has 0 saturated heterocycles. The van der Waals surface area contributed by atoms with Crippen LogP contribution in [-0.4, -0.2) is 38.9 Å². The first-order chi connectivity index (χ1) is 14.0. The van der Waals surface area contributed by atoms with E-state index in [-0.39, 0.29) is 23.1 Å². The molecule has 10 heteroatoms. The van der Waals surface area contributed by atoms with Gasteiger partial charge in [0.1, 0.15) is 0 Å². The summed E-state index contributed by atoms with van der Waals surface area (Å²) in [4.78, 5) is 36.4. The van der Waals surface area contributed by atoms with Crippen LogP contribution in [0.25, 0.3) is 0 Å². The van der Waals surface area contributed by atoms with Crippen molar-refractivity contribution in [3.63, 3.8) is 0 Å². The minimum absolute atomic E-state index is 0.00878. The molecule has 0 saturated carbocycles. The smallest absolute Gasteiger partial charge is 0.257 e. The maximum absolute atomic E-state index is 13.0. The number of rotatable bonds is 7. The summed E-state index contributed by atoms with van der Waals surface area (Å²) < 4.78 is 25.6. The molecule has 3 amide bonds. The Morgan fingerprint density at radius 3 is 2.23 bits per heavy atom. The summed E-state index contributed by atoms with van der Waals surface area (Å²) in [6.45, 7) is 5.34. The average molecular weight is 433 g/mol. The predicted octanol–water partition coefficient (Wildman–Crippen LogP) is 2.33. The van der Waals surface area contributed by atoms with E-state index in [4.69, 9.17) is 0 Å². The van der Waals surface area contributed by atoms with Crippen LogP contribution in [0, 0.1) is 6.92 Å². The molecule has 9 nitrogen and oxygen atoms in total. The summed E-state index contributed by atoms with van der Waals surface area (Å²) in [5.74, 6) is -1.22. The van der Waals surface area contributed by atoms with E-state index in [0.717, 1.165) is 6.26 Å². The summed E-state index contributed by atoms with van der Waals surface area (Å²) >= 11 is 0. The van der Waals surface area contributed by atoms with Gasteiger partial charge in [-0.25, -0.2) is 8.42 Å². The number of carbonyl (C=O) groups excluding carboxylic acids is 3. The number of aryl methyl sites for hydroxylation is 1. The molecule has 0 unspecified atom stereocenters. The van der Waals surface area contributed by atoms with Gasteiger partial charge in [0.2, 0.25) is 15.9 Å². The van der Waals surface area contributed by atoms with Crippen LogP contribution in [0.1, 0.15) is 40.1 Å². The second kappa shape index (κ2) is 9.40. The minimum Gasteiger partial charge on any atom is -0.352 e. The number of nitrogens with one attached hydrogen (secondary N) is 4. The molecular weight excluding hydrogens is 408 g/mol. The van der Waals surface area contributed by atoms with Crippen LogP contribution in [0.3, 0.4) is 0 Å². The SMILES string of the molecule is CCNC(=O)c1ccc(C)c(NC(=O)c2cc(NC(C)=O)ccc2NS(C)(=O)=O)c1. The van der Waals surface area contributed by atoms with Gasteiger partial charge in [0, 0.05) is 30.4 Å². The number of benzene rings is 2. The lowest BCUT2D eigenvalue weighted by molar-refractivity contribution is -0.114. The van der Waals surface area contributed by atoms with Crippen molar-refractivity contribution < 1.29 is 22.8 Å². The predicted molar refractivity (Wildman–Crippen MR) is 116 cm³/mol. The van der Waals surface area contributed by atoms with Gasteiger partial charge in [0.15, 0.2) is 0 Å². The fraction of sp³-hybridized carbons (Fsp3) is 0.250. The highest BCUT2D eigenvalue weighted by molar-refractivity contribution is 7.92. The molecule has 0 aliphatic rings. The van der Waals surface area contributed by atoms with Gasteiger partial charge >= 0.3 is 0 Å². The Morgan fingerprint density at radius 2 is 1.63 bits per heavy atom. The highest BCUT2D eigenvalue weighted by Gasteiger charge is 2.17. The van der Waals surface area contributed by atoms with Crippen molar-refractivity contribution in [1.29, 1.82) is 0 Å². The van der Waals surface area contributed by atoms with Crippen LogP contribution in [0.15, 0.2) is 36.4 Å². The van der Waals surface area contributed by atoms with Gasteiger partial charge in [0.05, 0.1) is 17.5 Å². The number of amides is 3. The molecule has 0 aliphatic carbocycles.